The van der Waals surface area contributed by atoms with E-state index in [-0.39, 0.29) is 6.54 Å². The lowest BCUT2D eigenvalue weighted by Gasteiger charge is -2.32. The predicted molar refractivity (Wildman–Crippen MR) is 84.7 cm³/mol. The zero-order valence-corrected chi connectivity index (χ0v) is 14.6. The largest absolute Gasteiger partial charge is 0.437 e. The number of likely N-dealkylation sites (N-methyl/N-ethyl adjacent to an activating group) is 1. The molecule has 0 aliphatic carbocycles. The Morgan fingerprint density at radius 2 is 1.95 bits per heavy atom. The molecule has 6 heteroatoms. The minimum Gasteiger partial charge on any atom is -0.437 e. The van der Waals surface area contributed by atoms with Crippen LogP contribution in [0.2, 0.25) is 0 Å². The van der Waals surface area contributed by atoms with Crippen LogP contribution in [0.5, 0.6) is 0 Å². The highest BCUT2D eigenvalue weighted by Crippen LogP contribution is 2.30. The van der Waals surface area contributed by atoms with Gasteiger partial charge in [0.2, 0.25) is 0 Å². The number of ether oxygens (including phenoxy) is 1. The number of carbonyl (C=O) groups excluding carboxylic acids is 1. The Kier molecular flexibility index (Phi) is 5.75. The number of amides is 1. The Hall–Kier alpha value is -1.14. The van der Waals surface area contributed by atoms with E-state index in [0.29, 0.717) is 5.56 Å². The molecule has 1 rings (SSSR count). The molecule has 1 aromatic carbocycles. The smallest absolute Gasteiger partial charge is 0.408 e. The zero-order valence-electron chi connectivity index (χ0n) is 13.0. The molecule has 1 atom stereocenters. The van der Waals surface area contributed by atoms with Gasteiger partial charge in [-0.2, -0.15) is 0 Å². The summed E-state index contributed by atoms with van der Waals surface area (Å²) >= 11 is 3.31. The third-order valence-electron chi connectivity index (χ3n) is 2.81. The lowest BCUT2D eigenvalue weighted by Crippen LogP contribution is -2.47. The van der Waals surface area contributed by atoms with Gasteiger partial charge in [0.25, 0.3) is 0 Å². The van der Waals surface area contributed by atoms with E-state index in [1.165, 1.54) is 6.07 Å². The summed E-state index contributed by atoms with van der Waals surface area (Å²) in [7, 11) is 1.72. The first kappa shape index (κ1) is 17.9. The molecule has 0 saturated heterocycles. The molecule has 0 fully saturated rings. The Balaban J connectivity index is 3.08. The molecule has 1 amide bonds. The van der Waals surface area contributed by atoms with E-state index in [2.05, 4.69) is 26.6 Å². The Morgan fingerprint density at radius 3 is 2.48 bits per heavy atom. The van der Waals surface area contributed by atoms with Crippen molar-refractivity contribution in [2.75, 3.05) is 13.6 Å². The second kappa shape index (κ2) is 6.75. The maximum atomic E-state index is 14.1. The lowest BCUT2D eigenvalue weighted by molar-refractivity contribution is 0.0173. The summed E-state index contributed by atoms with van der Waals surface area (Å²) in [5, 5.41) is 5.65. The highest BCUT2D eigenvalue weighted by molar-refractivity contribution is 9.10. The van der Waals surface area contributed by atoms with Gasteiger partial charge in [0.15, 0.2) is 5.60 Å². The molecular formula is C15H22BrFN2O2. The van der Waals surface area contributed by atoms with Crippen molar-refractivity contribution in [1.82, 2.24) is 10.6 Å². The molecule has 0 heterocycles. The second-order valence-corrected chi connectivity index (χ2v) is 7.07. The van der Waals surface area contributed by atoms with Crippen LogP contribution in [0.4, 0.5) is 9.18 Å². The summed E-state index contributed by atoms with van der Waals surface area (Å²) < 4.78 is 20.3. The number of carbonyl (C=O) groups is 1. The summed E-state index contributed by atoms with van der Waals surface area (Å²) in [4.78, 5) is 12.0. The Labute approximate surface area is 133 Å². The summed E-state index contributed by atoms with van der Waals surface area (Å²) in [5.41, 5.74) is -1.22. The Bertz CT molecular complexity index is 517. The van der Waals surface area contributed by atoms with Crippen molar-refractivity contribution >= 4 is 22.0 Å². The zero-order chi connectivity index (χ0) is 16.3. The van der Waals surface area contributed by atoms with Crippen LogP contribution in [0.25, 0.3) is 0 Å². The molecule has 0 aliphatic heterocycles. The highest BCUT2D eigenvalue weighted by atomic mass is 79.9. The molecule has 0 spiro atoms. The normalized spacial score (nSPS) is 14.4. The number of hydrogen-bond donors (Lipinski definition) is 2. The van der Waals surface area contributed by atoms with Gasteiger partial charge >= 0.3 is 6.09 Å². The molecule has 1 unspecified atom stereocenters. The molecule has 0 bridgehead atoms. The predicted octanol–water partition coefficient (Wildman–Crippen LogP) is 3.55. The van der Waals surface area contributed by atoms with E-state index in [4.69, 9.17) is 4.74 Å². The fourth-order valence-electron chi connectivity index (χ4n) is 1.96. The number of benzene rings is 1. The first-order valence-corrected chi connectivity index (χ1v) is 7.48. The van der Waals surface area contributed by atoms with Crippen LogP contribution in [-0.2, 0) is 10.3 Å². The van der Waals surface area contributed by atoms with Gasteiger partial charge in [0.05, 0.1) is 0 Å². The van der Waals surface area contributed by atoms with Crippen molar-refractivity contribution in [2.45, 2.75) is 38.8 Å². The Morgan fingerprint density at radius 1 is 1.33 bits per heavy atom. The van der Waals surface area contributed by atoms with Gasteiger partial charge in [-0.1, -0.05) is 15.9 Å². The van der Waals surface area contributed by atoms with E-state index in [0.717, 1.165) is 4.47 Å². The summed E-state index contributed by atoms with van der Waals surface area (Å²) in [6.07, 6.45) is -0.584. The van der Waals surface area contributed by atoms with E-state index < -0.39 is 23.1 Å². The van der Waals surface area contributed by atoms with Crippen molar-refractivity contribution in [3.8, 4) is 0 Å². The summed E-state index contributed by atoms with van der Waals surface area (Å²) in [6.45, 7) is 7.52. The van der Waals surface area contributed by atoms with E-state index in [9.17, 15) is 9.18 Å². The van der Waals surface area contributed by atoms with Crippen molar-refractivity contribution < 1.29 is 13.9 Å². The number of halogens is 2. The first-order valence-electron chi connectivity index (χ1n) is 6.69. The SMILES string of the molecule is CNCC(C)(OC(=O)NC(C)(C)C)c1cc(Br)ccc1F. The molecule has 21 heavy (non-hydrogen) atoms. The fourth-order valence-corrected chi connectivity index (χ4v) is 2.32. The monoisotopic (exact) mass is 360 g/mol. The molecule has 0 aliphatic rings. The first-order chi connectivity index (χ1) is 9.57. The fraction of sp³-hybridized carbons (Fsp3) is 0.533. The summed E-state index contributed by atoms with van der Waals surface area (Å²) in [6, 6.07) is 4.57. The molecule has 0 saturated carbocycles. The third kappa shape index (κ3) is 5.28. The average molecular weight is 361 g/mol. The summed E-state index contributed by atoms with van der Waals surface area (Å²) in [5.74, 6) is -0.417. The molecule has 2 N–H and O–H groups in total. The highest BCUT2D eigenvalue weighted by Gasteiger charge is 2.34. The second-order valence-electron chi connectivity index (χ2n) is 6.15. The molecule has 4 nitrogen and oxygen atoms in total. The van der Waals surface area contributed by atoms with Crippen LogP contribution >= 0.6 is 15.9 Å². The lowest BCUT2D eigenvalue weighted by atomic mass is 9.95. The van der Waals surface area contributed by atoms with Gasteiger partial charge in [-0.15, -0.1) is 0 Å². The molecule has 0 radical (unpaired) electrons. The average Bonchev–Trinajstić information content (AvgIpc) is 2.29. The topological polar surface area (TPSA) is 50.4 Å². The molecule has 118 valence electrons. The van der Waals surface area contributed by atoms with Crippen molar-refractivity contribution in [3.05, 3.63) is 34.1 Å². The maximum Gasteiger partial charge on any atom is 0.408 e. The third-order valence-corrected chi connectivity index (χ3v) is 3.30. The van der Waals surface area contributed by atoms with Crippen molar-refractivity contribution in [3.63, 3.8) is 0 Å². The van der Waals surface area contributed by atoms with Gasteiger partial charge in [0.1, 0.15) is 5.82 Å². The molecule has 0 aromatic heterocycles. The van der Waals surface area contributed by atoms with E-state index in [1.807, 2.05) is 20.8 Å². The van der Waals surface area contributed by atoms with Gasteiger partial charge in [-0.25, -0.2) is 9.18 Å². The molecule has 1 aromatic rings. The number of hydrogen-bond acceptors (Lipinski definition) is 3. The minimum absolute atomic E-state index is 0.290. The number of nitrogens with one attached hydrogen (secondary N) is 2. The van der Waals surface area contributed by atoms with Gasteiger partial charge < -0.3 is 15.4 Å². The quantitative estimate of drug-likeness (QED) is 0.863. The van der Waals surface area contributed by atoms with Gasteiger partial charge in [-0.05, 0) is 52.9 Å². The van der Waals surface area contributed by atoms with Crippen LogP contribution in [0.1, 0.15) is 33.3 Å². The van der Waals surface area contributed by atoms with Crippen molar-refractivity contribution in [2.24, 2.45) is 0 Å². The van der Waals surface area contributed by atoms with E-state index >= 15 is 0 Å². The number of alkyl carbamates (subject to hydrolysis) is 1. The van der Waals surface area contributed by atoms with Gasteiger partial charge in [-0.3, -0.25) is 0 Å². The van der Waals surface area contributed by atoms with Crippen LogP contribution in [0, 0.1) is 5.82 Å². The van der Waals surface area contributed by atoms with Crippen molar-refractivity contribution in [1.29, 1.82) is 0 Å². The maximum absolute atomic E-state index is 14.1. The number of rotatable bonds is 4. The van der Waals surface area contributed by atoms with E-state index in [1.54, 1.807) is 26.1 Å². The van der Waals surface area contributed by atoms with Crippen LogP contribution < -0.4 is 10.6 Å². The van der Waals surface area contributed by atoms with Gasteiger partial charge in [0, 0.05) is 22.1 Å². The van der Waals surface area contributed by atoms with Crippen LogP contribution in [0.3, 0.4) is 0 Å². The minimum atomic E-state index is -1.11. The standard InChI is InChI=1S/C15H22BrFN2O2/c1-14(2,3)19-13(20)21-15(4,9-18-5)11-8-10(16)6-7-12(11)17/h6-8,18H,9H2,1-5H3,(H,19,20). The van der Waals surface area contributed by atoms with Crippen LogP contribution in [0.15, 0.2) is 22.7 Å². The van der Waals surface area contributed by atoms with Crippen LogP contribution in [-0.4, -0.2) is 25.2 Å². The molecular weight excluding hydrogens is 339 g/mol.